The van der Waals surface area contributed by atoms with Crippen molar-refractivity contribution < 1.29 is 4.79 Å². The van der Waals surface area contributed by atoms with Gasteiger partial charge in [0.25, 0.3) is 5.91 Å². The van der Waals surface area contributed by atoms with Crippen LogP contribution in [0.1, 0.15) is 10.4 Å². The average molecular weight is 315 g/mol. The molecule has 0 unspecified atom stereocenters. The van der Waals surface area contributed by atoms with Gasteiger partial charge in [-0.1, -0.05) is 0 Å². The van der Waals surface area contributed by atoms with Crippen LogP contribution in [-0.4, -0.2) is 37.0 Å². The van der Waals surface area contributed by atoms with Gasteiger partial charge in [-0.25, -0.2) is 5.32 Å². The lowest BCUT2D eigenvalue weighted by atomic mass is 10.2. The number of carbonyl (C=O) groups excluding carboxylic acids is 1. The summed E-state index contributed by atoms with van der Waals surface area (Å²) >= 11 is 2.23. The molecule has 1 heterocycles. The van der Waals surface area contributed by atoms with Gasteiger partial charge in [0.05, 0.1) is 0 Å². The Kier molecular flexibility index (Phi) is 3.58. The first-order valence-electron chi connectivity index (χ1n) is 4.95. The zero-order valence-corrected chi connectivity index (χ0v) is 10.5. The van der Waals surface area contributed by atoms with Crippen LogP contribution in [0.5, 0.6) is 0 Å². The summed E-state index contributed by atoms with van der Waals surface area (Å²) < 4.78 is 1.15. The molecular weight excluding hydrogens is 303 g/mol. The second-order valence-electron chi connectivity index (χ2n) is 3.47. The monoisotopic (exact) mass is 315 g/mol. The van der Waals surface area contributed by atoms with Crippen molar-refractivity contribution >= 4 is 28.5 Å². The fourth-order valence-electron chi connectivity index (χ4n) is 1.58. The van der Waals surface area contributed by atoms with E-state index in [1.54, 1.807) is 0 Å². The highest BCUT2D eigenvalue weighted by Crippen LogP contribution is 2.10. The number of benzene rings is 1. The van der Waals surface area contributed by atoms with Crippen LogP contribution >= 0.6 is 22.6 Å². The summed E-state index contributed by atoms with van der Waals surface area (Å²) in [6, 6.07) is 7.69. The molecule has 0 spiro atoms. The summed E-state index contributed by atoms with van der Waals surface area (Å²) in [5.74, 6) is 0.126. The van der Waals surface area contributed by atoms with Crippen LogP contribution in [0.3, 0.4) is 0 Å². The lowest BCUT2D eigenvalue weighted by Gasteiger charge is -2.26. The minimum atomic E-state index is 0.126. The summed E-state index contributed by atoms with van der Waals surface area (Å²) in [5.41, 5.74) is 0.775. The van der Waals surface area contributed by atoms with E-state index in [-0.39, 0.29) is 5.91 Å². The molecule has 1 amide bonds. The summed E-state index contributed by atoms with van der Waals surface area (Å²) in [5, 5.41) is 4.22. The van der Waals surface area contributed by atoms with Gasteiger partial charge >= 0.3 is 0 Å². The van der Waals surface area contributed by atoms with E-state index in [0.29, 0.717) is 0 Å². The van der Waals surface area contributed by atoms with Crippen molar-refractivity contribution in [2.75, 3.05) is 26.2 Å². The Morgan fingerprint density at radius 2 is 1.80 bits per heavy atom. The molecule has 0 saturated carbocycles. The summed E-state index contributed by atoms with van der Waals surface area (Å²) in [6.45, 7) is 3.06. The molecule has 1 aliphatic heterocycles. The van der Waals surface area contributed by atoms with Gasteiger partial charge in [0.15, 0.2) is 0 Å². The number of amides is 1. The van der Waals surface area contributed by atoms with Gasteiger partial charge in [0.1, 0.15) is 0 Å². The smallest absolute Gasteiger partial charge is 0.253 e. The highest BCUT2D eigenvalue weighted by atomic mass is 127. The molecule has 0 atom stereocenters. The Morgan fingerprint density at radius 3 is 2.40 bits per heavy atom. The van der Waals surface area contributed by atoms with Crippen molar-refractivity contribution in [2.24, 2.45) is 0 Å². The van der Waals surface area contributed by atoms with E-state index in [2.05, 4.69) is 27.9 Å². The number of hydrogen-bond donors (Lipinski definition) is 0. The zero-order chi connectivity index (χ0) is 10.7. The Balaban J connectivity index is 2.09. The average Bonchev–Trinajstić information content (AvgIpc) is 2.30. The molecule has 4 heteroatoms. The third-order valence-corrected chi connectivity index (χ3v) is 3.15. The largest absolute Gasteiger partial charge is 0.336 e. The van der Waals surface area contributed by atoms with Gasteiger partial charge < -0.3 is 4.90 Å². The molecule has 0 aromatic heterocycles. The SMILES string of the molecule is O=C(c1ccc(I)cc1)N1CC[N]CC1. The number of rotatable bonds is 1. The number of halogens is 1. The highest BCUT2D eigenvalue weighted by Gasteiger charge is 2.17. The topological polar surface area (TPSA) is 34.4 Å². The predicted molar refractivity (Wildman–Crippen MR) is 66.9 cm³/mol. The molecule has 1 radical (unpaired) electrons. The molecule has 0 aliphatic carbocycles. The maximum Gasteiger partial charge on any atom is 0.253 e. The van der Waals surface area contributed by atoms with Gasteiger partial charge in [-0.05, 0) is 46.9 Å². The minimum Gasteiger partial charge on any atom is -0.336 e. The van der Waals surface area contributed by atoms with E-state index < -0.39 is 0 Å². The summed E-state index contributed by atoms with van der Waals surface area (Å²) in [6.07, 6.45) is 0. The quantitative estimate of drug-likeness (QED) is 0.721. The summed E-state index contributed by atoms with van der Waals surface area (Å²) in [7, 11) is 0. The Hall–Kier alpha value is -0.620. The first-order chi connectivity index (χ1) is 7.27. The lowest BCUT2D eigenvalue weighted by molar-refractivity contribution is 0.0734. The van der Waals surface area contributed by atoms with Crippen molar-refractivity contribution in [3.63, 3.8) is 0 Å². The van der Waals surface area contributed by atoms with Crippen molar-refractivity contribution in [3.8, 4) is 0 Å². The van der Waals surface area contributed by atoms with E-state index >= 15 is 0 Å². The van der Waals surface area contributed by atoms with Crippen molar-refractivity contribution in [1.82, 2.24) is 10.2 Å². The van der Waals surface area contributed by atoms with E-state index in [0.717, 1.165) is 35.3 Å². The van der Waals surface area contributed by atoms with E-state index in [1.807, 2.05) is 29.2 Å². The molecular formula is C11H12IN2O. The molecule has 1 aromatic rings. The molecule has 2 rings (SSSR count). The van der Waals surface area contributed by atoms with Crippen molar-refractivity contribution in [2.45, 2.75) is 0 Å². The lowest BCUT2D eigenvalue weighted by Crippen LogP contribution is -2.43. The molecule has 3 nitrogen and oxygen atoms in total. The third-order valence-electron chi connectivity index (χ3n) is 2.43. The molecule has 1 aromatic carbocycles. The molecule has 0 bridgehead atoms. The van der Waals surface area contributed by atoms with E-state index in [1.165, 1.54) is 0 Å². The predicted octanol–water partition coefficient (Wildman–Crippen LogP) is 1.35. The molecule has 79 valence electrons. The molecule has 1 fully saturated rings. The van der Waals surface area contributed by atoms with Gasteiger partial charge in [-0.15, -0.1) is 0 Å². The highest BCUT2D eigenvalue weighted by molar-refractivity contribution is 14.1. The van der Waals surface area contributed by atoms with Gasteiger partial charge in [0.2, 0.25) is 0 Å². The van der Waals surface area contributed by atoms with Gasteiger partial charge in [-0.3, -0.25) is 4.79 Å². The number of carbonyl (C=O) groups is 1. The van der Waals surface area contributed by atoms with Crippen LogP contribution in [0.25, 0.3) is 0 Å². The van der Waals surface area contributed by atoms with Gasteiger partial charge in [0, 0.05) is 35.3 Å². The Bertz CT molecular complexity index is 344. The Morgan fingerprint density at radius 1 is 1.20 bits per heavy atom. The Labute approximate surface area is 103 Å². The normalized spacial score (nSPS) is 16.5. The van der Waals surface area contributed by atoms with Crippen LogP contribution in [-0.2, 0) is 0 Å². The van der Waals surface area contributed by atoms with Crippen molar-refractivity contribution in [1.29, 1.82) is 0 Å². The first kappa shape index (κ1) is 10.9. The number of hydrogen-bond acceptors (Lipinski definition) is 1. The molecule has 1 aliphatic rings. The van der Waals surface area contributed by atoms with Crippen LogP contribution in [0.15, 0.2) is 24.3 Å². The summed E-state index contributed by atoms with van der Waals surface area (Å²) in [4.78, 5) is 13.9. The second-order valence-corrected chi connectivity index (χ2v) is 4.72. The first-order valence-corrected chi connectivity index (χ1v) is 6.03. The van der Waals surface area contributed by atoms with Crippen LogP contribution < -0.4 is 5.32 Å². The van der Waals surface area contributed by atoms with Crippen LogP contribution in [0.4, 0.5) is 0 Å². The van der Waals surface area contributed by atoms with E-state index in [9.17, 15) is 4.79 Å². The fraction of sp³-hybridized carbons (Fsp3) is 0.364. The standard InChI is InChI=1S/C11H12IN2O/c12-10-3-1-9(2-4-10)11(15)14-7-5-13-6-8-14/h1-4H,5-8H2. The van der Waals surface area contributed by atoms with Gasteiger partial charge in [-0.2, -0.15) is 0 Å². The fourth-order valence-corrected chi connectivity index (χ4v) is 1.94. The second kappa shape index (κ2) is 4.94. The molecule has 0 N–H and O–H groups in total. The maximum atomic E-state index is 12.0. The third kappa shape index (κ3) is 2.69. The minimum absolute atomic E-state index is 0.126. The zero-order valence-electron chi connectivity index (χ0n) is 8.32. The molecule has 1 saturated heterocycles. The van der Waals surface area contributed by atoms with E-state index in [4.69, 9.17) is 0 Å². The maximum absolute atomic E-state index is 12.0. The van der Waals surface area contributed by atoms with Crippen LogP contribution in [0.2, 0.25) is 0 Å². The molecule has 15 heavy (non-hydrogen) atoms. The van der Waals surface area contributed by atoms with Crippen LogP contribution in [0, 0.1) is 3.57 Å². The number of nitrogens with zero attached hydrogens (tertiary/aromatic N) is 2. The number of piperazine rings is 1. The van der Waals surface area contributed by atoms with Crippen molar-refractivity contribution in [3.05, 3.63) is 33.4 Å².